The smallest absolute Gasteiger partial charge is 0.270 e. The lowest BCUT2D eigenvalue weighted by Crippen LogP contribution is -2.47. The molecule has 2 fully saturated rings. The summed E-state index contributed by atoms with van der Waals surface area (Å²) in [5.74, 6) is -0.177. The lowest BCUT2D eigenvalue weighted by molar-refractivity contribution is 0.0945. The summed E-state index contributed by atoms with van der Waals surface area (Å²) in [6.45, 7) is 11.9. The summed E-state index contributed by atoms with van der Waals surface area (Å²) in [6.07, 6.45) is 7.33. The van der Waals surface area contributed by atoms with E-state index < -0.39 is 0 Å². The van der Waals surface area contributed by atoms with E-state index in [4.69, 9.17) is 0 Å². The summed E-state index contributed by atoms with van der Waals surface area (Å²) in [4.78, 5) is 28.6. The standard InChI is InChI=1S/C25H36N6O/c1-20(2)29-14-9-22(10-15-29)30-12-5-13-31(17-16-30)23-8-7-21(27-19-23)18-28-25(32)24-6-3-4-11-26-24/h3-4,6-8,11,19-20,22H,5,9-10,12-18H2,1-2H3,(H,28,32). The first-order valence-electron chi connectivity index (χ1n) is 12.0. The van der Waals surface area contributed by atoms with Crippen molar-refractivity contribution in [3.05, 3.63) is 54.1 Å². The second-order valence-electron chi connectivity index (χ2n) is 9.14. The maximum absolute atomic E-state index is 12.2. The molecular formula is C25H36N6O. The maximum atomic E-state index is 12.2. The molecule has 1 N–H and O–H groups in total. The largest absolute Gasteiger partial charge is 0.369 e. The number of nitrogens with one attached hydrogen (secondary N) is 1. The van der Waals surface area contributed by atoms with Gasteiger partial charge in [0, 0.05) is 44.5 Å². The molecule has 172 valence electrons. The van der Waals surface area contributed by atoms with Crippen LogP contribution in [0.5, 0.6) is 0 Å². The molecule has 4 heterocycles. The number of pyridine rings is 2. The molecule has 0 spiro atoms. The highest BCUT2D eigenvalue weighted by Gasteiger charge is 2.27. The highest BCUT2D eigenvalue weighted by Crippen LogP contribution is 2.22. The number of piperidine rings is 1. The average Bonchev–Trinajstić information content (AvgIpc) is 3.10. The van der Waals surface area contributed by atoms with Crippen molar-refractivity contribution in [2.45, 2.75) is 51.7 Å². The minimum atomic E-state index is -0.177. The Morgan fingerprint density at radius 1 is 1.03 bits per heavy atom. The summed E-state index contributed by atoms with van der Waals surface area (Å²) in [7, 11) is 0. The molecule has 4 rings (SSSR count). The predicted molar refractivity (Wildman–Crippen MR) is 128 cm³/mol. The van der Waals surface area contributed by atoms with Crippen LogP contribution in [-0.2, 0) is 6.54 Å². The van der Waals surface area contributed by atoms with Gasteiger partial charge < -0.3 is 15.1 Å². The quantitative estimate of drug-likeness (QED) is 0.751. The van der Waals surface area contributed by atoms with Crippen molar-refractivity contribution >= 4 is 11.6 Å². The molecule has 2 aromatic rings. The summed E-state index contributed by atoms with van der Waals surface area (Å²) in [5, 5.41) is 2.89. The van der Waals surface area contributed by atoms with Crippen LogP contribution in [0.15, 0.2) is 42.7 Å². The molecule has 1 amide bonds. The molecule has 7 nitrogen and oxygen atoms in total. The fraction of sp³-hybridized carbons (Fsp3) is 0.560. The second kappa shape index (κ2) is 10.9. The fourth-order valence-electron chi connectivity index (χ4n) is 4.79. The van der Waals surface area contributed by atoms with Gasteiger partial charge in [-0.2, -0.15) is 0 Å². The van der Waals surface area contributed by atoms with Crippen LogP contribution in [0.3, 0.4) is 0 Å². The van der Waals surface area contributed by atoms with E-state index in [0.29, 0.717) is 18.3 Å². The Balaban J connectivity index is 1.26. The van der Waals surface area contributed by atoms with Crippen molar-refractivity contribution < 1.29 is 4.79 Å². The topological polar surface area (TPSA) is 64.6 Å². The molecule has 2 aliphatic heterocycles. The minimum absolute atomic E-state index is 0.177. The normalized spacial score (nSPS) is 19.2. The van der Waals surface area contributed by atoms with Crippen molar-refractivity contribution in [1.82, 2.24) is 25.1 Å². The third-order valence-electron chi connectivity index (χ3n) is 6.78. The third-order valence-corrected chi connectivity index (χ3v) is 6.78. The van der Waals surface area contributed by atoms with Gasteiger partial charge in [-0.3, -0.25) is 19.7 Å². The number of nitrogens with zero attached hydrogens (tertiary/aromatic N) is 5. The summed E-state index contributed by atoms with van der Waals surface area (Å²) < 4.78 is 0. The molecule has 0 bridgehead atoms. The molecule has 2 saturated heterocycles. The number of carbonyl (C=O) groups is 1. The molecule has 0 saturated carbocycles. The highest BCUT2D eigenvalue weighted by molar-refractivity contribution is 5.92. The molecular weight excluding hydrogens is 400 g/mol. The van der Waals surface area contributed by atoms with Gasteiger partial charge in [0.1, 0.15) is 5.69 Å². The zero-order valence-electron chi connectivity index (χ0n) is 19.4. The first-order chi connectivity index (χ1) is 15.6. The van der Waals surface area contributed by atoms with Gasteiger partial charge in [0.2, 0.25) is 0 Å². The van der Waals surface area contributed by atoms with E-state index in [0.717, 1.165) is 31.4 Å². The minimum Gasteiger partial charge on any atom is -0.369 e. The molecule has 0 radical (unpaired) electrons. The van der Waals surface area contributed by atoms with Gasteiger partial charge >= 0.3 is 0 Å². The van der Waals surface area contributed by atoms with E-state index in [2.05, 4.69) is 49.9 Å². The van der Waals surface area contributed by atoms with Crippen LogP contribution in [0.4, 0.5) is 5.69 Å². The second-order valence-corrected chi connectivity index (χ2v) is 9.14. The number of anilines is 1. The number of rotatable bonds is 6. The zero-order chi connectivity index (χ0) is 22.3. The summed E-state index contributed by atoms with van der Waals surface area (Å²) in [6, 6.07) is 10.9. The zero-order valence-corrected chi connectivity index (χ0v) is 19.4. The van der Waals surface area contributed by atoms with Crippen molar-refractivity contribution in [2.24, 2.45) is 0 Å². The van der Waals surface area contributed by atoms with Crippen LogP contribution >= 0.6 is 0 Å². The van der Waals surface area contributed by atoms with Gasteiger partial charge in [-0.05, 0) is 70.5 Å². The Hall–Kier alpha value is -2.51. The van der Waals surface area contributed by atoms with Gasteiger partial charge in [-0.25, -0.2) is 0 Å². The Kier molecular flexibility index (Phi) is 7.71. The van der Waals surface area contributed by atoms with E-state index >= 15 is 0 Å². The highest BCUT2D eigenvalue weighted by atomic mass is 16.1. The van der Waals surface area contributed by atoms with Crippen LogP contribution in [0.25, 0.3) is 0 Å². The van der Waals surface area contributed by atoms with Crippen LogP contribution in [0.1, 0.15) is 49.3 Å². The molecule has 7 heteroatoms. The van der Waals surface area contributed by atoms with Gasteiger partial charge in [-0.15, -0.1) is 0 Å². The molecule has 0 atom stereocenters. The monoisotopic (exact) mass is 436 g/mol. The number of hydrogen-bond acceptors (Lipinski definition) is 6. The molecule has 2 aromatic heterocycles. The summed E-state index contributed by atoms with van der Waals surface area (Å²) in [5.41, 5.74) is 2.45. The lowest BCUT2D eigenvalue weighted by atomic mass is 10.0. The van der Waals surface area contributed by atoms with Crippen LogP contribution in [0, 0.1) is 0 Å². The number of carbonyl (C=O) groups excluding carboxylic acids is 1. The average molecular weight is 437 g/mol. The van der Waals surface area contributed by atoms with Crippen molar-refractivity contribution in [3.63, 3.8) is 0 Å². The van der Waals surface area contributed by atoms with Crippen LogP contribution in [-0.4, -0.2) is 77.0 Å². The number of aromatic nitrogens is 2. The fourth-order valence-corrected chi connectivity index (χ4v) is 4.79. The van der Waals surface area contributed by atoms with Gasteiger partial charge in [0.25, 0.3) is 5.91 Å². The van der Waals surface area contributed by atoms with Crippen LogP contribution < -0.4 is 10.2 Å². The number of amides is 1. The first-order valence-corrected chi connectivity index (χ1v) is 12.0. The molecule has 0 aliphatic carbocycles. The van der Waals surface area contributed by atoms with Crippen molar-refractivity contribution in [3.8, 4) is 0 Å². The Morgan fingerprint density at radius 3 is 2.56 bits per heavy atom. The van der Waals surface area contributed by atoms with Gasteiger partial charge in [-0.1, -0.05) is 6.07 Å². The van der Waals surface area contributed by atoms with E-state index in [1.54, 1.807) is 18.3 Å². The van der Waals surface area contributed by atoms with Crippen LogP contribution in [0.2, 0.25) is 0 Å². The van der Waals surface area contributed by atoms with Gasteiger partial charge in [0.05, 0.1) is 24.1 Å². The SMILES string of the molecule is CC(C)N1CCC(N2CCCN(c3ccc(CNC(=O)c4ccccn4)nc3)CC2)CC1. The molecule has 2 aliphatic rings. The molecule has 0 unspecified atom stereocenters. The van der Waals surface area contributed by atoms with Gasteiger partial charge in [0.15, 0.2) is 0 Å². The summed E-state index contributed by atoms with van der Waals surface area (Å²) >= 11 is 0. The first kappa shape index (κ1) is 22.7. The van der Waals surface area contributed by atoms with E-state index in [-0.39, 0.29) is 5.91 Å². The van der Waals surface area contributed by atoms with Crippen molar-refractivity contribution in [2.75, 3.05) is 44.2 Å². The number of likely N-dealkylation sites (tertiary alicyclic amines) is 1. The Labute approximate surface area is 191 Å². The van der Waals surface area contributed by atoms with E-state index in [1.807, 2.05) is 18.3 Å². The Bertz CT molecular complexity index is 848. The Morgan fingerprint density at radius 2 is 1.88 bits per heavy atom. The third kappa shape index (κ3) is 5.84. The predicted octanol–water partition coefficient (Wildman–Crippen LogP) is 2.79. The molecule has 32 heavy (non-hydrogen) atoms. The maximum Gasteiger partial charge on any atom is 0.270 e. The number of hydrogen-bond donors (Lipinski definition) is 1. The molecule has 0 aromatic carbocycles. The lowest BCUT2D eigenvalue weighted by Gasteiger charge is -2.39. The van der Waals surface area contributed by atoms with E-state index in [1.165, 1.54) is 44.6 Å². The van der Waals surface area contributed by atoms with Crippen molar-refractivity contribution in [1.29, 1.82) is 0 Å². The van der Waals surface area contributed by atoms with E-state index in [9.17, 15) is 4.79 Å².